The highest BCUT2D eigenvalue weighted by Gasteiger charge is 2.35. The first-order valence-corrected chi connectivity index (χ1v) is 10.9. The quantitative estimate of drug-likeness (QED) is 0.762. The van der Waals surface area contributed by atoms with Crippen LogP contribution < -0.4 is 0 Å². The lowest BCUT2D eigenvalue weighted by Gasteiger charge is -2.20. The molecule has 2 aromatic rings. The zero-order chi connectivity index (χ0) is 19.1. The smallest absolute Gasteiger partial charge is 0.226 e. The van der Waals surface area contributed by atoms with Crippen LogP contribution in [0, 0.1) is 5.92 Å². The van der Waals surface area contributed by atoms with E-state index in [1.807, 2.05) is 4.90 Å². The van der Waals surface area contributed by atoms with Gasteiger partial charge in [-0.3, -0.25) is 4.79 Å². The van der Waals surface area contributed by atoms with Crippen LogP contribution in [0.3, 0.4) is 0 Å². The van der Waals surface area contributed by atoms with E-state index in [0.29, 0.717) is 11.8 Å². The number of carbonyl (C=O) groups is 1. The van der Waals surface area contributed by atoms with Crippen LogP contribution in [0.1, 0.15) is 49.3 Å². The van der Waals surface area contributed by atoms with Gasteiger partial charge in [0.15, 0.2) is 0 Å². The lowest BCUT2D eigenvalue weighted by Crippen LogP contribution is -2.28. The van der Waals surface area contributed by atoms with Crippen LogP contribution in [-0.4, -0.2) is 34.8 Å². The average Bonchev–Trinajstić information content (AvgIpc) is 3.35. The van der Waals surface area contributed by atoms with Crippen LogP contribution in [0.4, 0.5) is 0 Å². The molecule has 5 rings (SSSR count). The molecule has 1 amide bonds. The molecular weight excluding hydrogens is 344 g/mol. The molecule has 0 aromatic heterocycles. The molecule has 0 N–H and O–H groups in total. The summed E-state index contributed by atoms with van der Waals surface area (Å²) in [7, 11) is 0. The highest BCUT2D eigenvalue weighted by Crippen LogP contribution is 2.35. The number of hydrogen-bond donors (Lipinski definition) is 0. The summed E-state index contributed by atoms with van der Waals surface area (Å²) in [5.41, 5.74) is 6.59. The van der Waals surface area contributed by atoms with Gasteiger partial charge >= 0.3 is 0 Å². The van der Waals surface area contributed by atoms with Crippen LogP contribution in [0.25, 0.3) is 11.1 Å². The summed E-state index contributed by atoms with van der Waals surface area (Å²) in [5, 5.41) is 0. The maximum atomic E-state index is 12.4. The molecule has 28 heavy (non-hydrogen) atoms. The third-order valence-corrected chi connectivity index (χ3v) is 6.83. The number of rotatable bonds is 5. The first-order chi connectivity index (χ1) is 13.7. The average molecular weight is 375 g/mol. The third kappa shape index (κ3) is 3.60. The van der Waals surface area contributed by atoms with E-state index in [9.17, 15) is 4.79 Å². The molecule has 0 bridgehead atoms. The maximum absolute atomic E-state index is 12.4. The minimum Gasteiger partial charge on any atom is -0.334 e. The largest absolute Gasteiger partial charge is 0.334 e. The molecule has 3 heteroatoms. The summed E-state index contributed by atoms with van der Waals surface area (Å²) in [5.74, 6) is 0.666. The molecule has 1 saturated carbocycles. The van der Waals surface area contributed by atoms with Gasteiger partial charge in [0.25, 0.3) is 0 Å². The van der Waals surface area contributed by atoms with E-state index in [4.69, 9.17) is 0 Å². The Morgan fingerprint density at radius 3 is 2.43 bits per heavy atom. The number of benzene rings is 2. The summed E-state index contributed by atoms with van der Waals surface area (Å²) in [6, 6.07) is 16.5. The van der Waals surface area contributed by atoms with Gasteiger partial charge in [0.2, 0.25) is 5.91 Å². The Morgan fingerprint density at radius 1 is 0.964 bits per heavy atom. The summed E-state index contributed by atoms with van der Waals surface area (Å²) in [6.45, 7) is 6.35. The van der Waals surface area contributed by atoms with Crippen molar-refractivity contribution in [2.45, 2.75) is 58.2 Å². The van der Waals surface area contributed by atoms with E-state index in [1.54, 1.807) is 0 Å². The number of likely N-dealkylation sites (tertiary alicyclic amines) is 1. The number of nitrogens with zero attached hydrogens (tertiary/aromatic N) is 2. The number of carbonyl (C=O) groups excluding carboxylic acids is 1. The van der Waals surface area contributed by atoms with Crippen molar-refractivity contribution in [3.05, 3.63) is 59.2 Å². The molecule has 0 radical (unpaired) electrons. The molecule has 2 aromatic carbocycles. The molecule has 2 heterocycles. The third-order valence-electron chi connectivity index (χ3n) is 6.83. The van der Waals surface area contributed by atoms with Gasteiger partial charge in [-0.1, -0.05) is 36.4 Å². The van der Waals surface area contributed by atoms with Gasteiger partial charge in [-0.05, 0) is 79.5 Å². The fraction of sp³-hybridized carbons (Fsp3) is 0.480. The summed E-state index contributed by atoms with van der Waals surface area (Å²) in [6.07, 6.45) is 6.00. The number of amides is 1. The van der Waals surface area contributed by atoms with E-state index >= 15 is 0 Å². The molecular formula is C25H30N2O. The Hall–Kier alpha value is -2.13. The molecule has 146 valence electrons. The van der Waals surface area contributed by atoms with E-state index in [1.165, 1.54) is 53.7 Å². The van der Waals surface area contributed by atoms with Crippen LogP contribution in [0.2, 0.25) is 0 Å². The highest BCUT2D eigenvalue weighted by molar-refractivity contribution is 5.82. The normalized spacial score (nSPS) is 21.9. The van der Waals surface area contributed by atoms with E-state index < -0.39 is 0 Å². The molecule has 0 unspecified atom stereocenters. The fourth-order valence-electron chi connectivity index (χ4n) is 4.78. The van der Waals surface area contributed by atoms with Crippen molar-refractivity contribution in [3.63, 3.8) is 0 Å². The first kappa shape index (κ1) is 17.9. The van der Waals surface area contributed by atoms with Crippen LogP contribution in [0.15, 0.2) is 42.5 Å². The van der Waals surface area contributed by atoms with Crippen LogP contribution in [-0.2, 0) is 24.3 Å². The molecule has 1 saturated heterocycles. The topological polar surface area (TPSA) is 23.6 Å². The van der Waals surface area contributed by atoms with E-state index in [-0.39, 0.29) is 0 Å². The number of hydrogen-bond acceptors (Lipinski definition) is 2. The fourth-order valence-corrected chi connectivity index (χ4v) is 4.78. The van der Waals surface area contributed by atoms with Crippen molar-refractivity contribution >= 4 is 5.91 Å². The standard InChI is InChI=1S/C25H30N2O/c1-18-3-2-13-26(18)14-12-19-4-6-20(7-5-19)22-10-11-23-16-27(17-24(23)15-22)25(28)21-8-9-21/h4-7,10-11,15,18,21H,2-3,8-9,12-14,16-17H2,1H3/t18-/m1/s1. The Morgan fingerprint density at radius 2 is 1.71 bits per heavy atom. The number of fused-ring (bicyclic) bond motifs is 1. The van der Waals surface area contributed by atoms with E-state index in [2.05, 4.69) is 54.3 Å². The predicted molar refractivity (Wildman–Crippen MR) is 113 cm³/mol. The monoisotopic (exact) mass is 374 g/mol. The molecule has 0 spiro atoms. The van der Waals surface area contributed by atoms with Crippen LogP contribution >= 0.6 is 0 Å². The van der Waals surface area contributed by atoms with Gasteiger partial charge in [0, 0.05) is 31.6 Å². The van der Waals surface area contributed by atoms with Crippen molar-refractivity contribution in [1.82, 2.24) is 9.80 Å². The Balaban J connectivity index is 1.24. The molecule has 1 atom stereocenters. The van der Waals surface area contributed by atoms with Crippen molar-refractivity contribution < 1.29 is 4.79 Å². The lowest BCUT2D eigenvalue weighted by molar-refractivity contribution is -0.133. The van der Waals surface area contributed by atoms with Crippen molar-refractivity contribution in [3.8, 4) is 11.1 Å². The summed E-state index contributed by atoms with van der Waals surface area (Å²) < 4.78 is 0. The molecule has 2 fully saturated rings. The van der Waals surface area contributed by atoms with Gasteiger partial charge < -0.3 is 9.80 Å². The molecule has 1 aliphatic carbocycles. The zero-order valence-electron chi connectivity index (χ0n) is 16.9. The summed E-state index contributed by atoms with van der Waals surface area (Å²) in [4.78, 5) is 17.0. The van der Waals surface area contributed by atoms with E-state index in [0.717, 1.165) is 38.4 Å². The molecule has 2 aliphatic heterocycles. The highest BCUT2D eigenvalue weighted by atomic mass is 16.2. The second kappa shape index (κ2) is 7.36. The van der Waals surface area contributed by atoms with Gasteiger partial charge in [0.05, 0.1) is 0 Å². The maximum Gasteiger partial charge on any atom is 0.226 e. The molecule has 3 nitrogen and oxygen atoms in total. The van der Waals surface area contributed by atoms with Crippen molar-refractivity contribution in [2.24, 2.45) is 5.92 Å². The summed E-state index contributed by atoms with van der Waals surface area (Å²) >= 11 is 0. The lowest BCUT2D eigenvalue weighted by atomic mass is 9.99. The minimum atomic E-state index is 0.310. The minimum absolute atomic E-state index is 0.310. The Bertz CT molecular complexity index is 869. The predicted octanol–water partition coefficient (Wildman–Crippen LogP) is 4.63. The second-order valence-corrected chi connectivity index (χ2v) is 8.93. The SMILES string of the molecule is C[C@@H]1CCCN1CCc1ccc(-c2ccc3c(c2)CN(C(=O)C2CC2)C3)cc1. The Labute approximate surface area is 168 Å². The van der Waals surface area contributed by atoms with Gasteiger partial charge in [-0.25, -0.2) is 0 Å². The van der Waals surface area contributed by atoms with Gasteiger partial charge in [0.1, 0.15) is 0 Å². The van der Waals surface area contributed by atoms with Crippen LogP contribution in [0.5, 0.6) is 0 Å². The van der Waals surface area contributed by atoms with Crippen molar-refractivity contribution in [1.29, 1.82) is 0 Å². The second-order valence-electron chi connectivity index (χ2n) is 8.93. The van der Waals surface area contributed by atoms with Gasteiger partial charge in [-0.2, -0.15) is 0 Å². The zero-order valence-corrected chi connectivity index (χ0v) is 16.9. The van der Waals surface area contributed by atoms with Crippen molar-refractivity contribution in [2.75, 3.05) is 13.1 Å². The Kier molecular flexibility index (Phi) is 4.72. The van der Waals surface area contributed by atoms with Gasteiger partial charge in [-0.15, -0.1) is 0 Å². The first-order valence-electron chi connectivity index (χ1n) is 10.9. The molecule has 3 aliphatic rings.